The zero-order valence-corrected chi connectivity index (χ0v) is 14.3. The molecule has 130 valence electrons. The van der Waals surface area contributed by atoms with E-state index in [4.69, 9.17) is 9.47 Å². The largest absolute Gasteiger partial charge is 0.462 e. The first-order valence-corrected chi connectivity index (χ1v) is 9.56. The van der Waals surface area contributed by atoms with E-state index in [2.05, 4.69) is 13.8 Å². The lowest BCUT2D eigenvalue weighted by atomic mass is 9.59. The number of hydrogen-bond acceptors (Lipinski definition) is 4. The predicted molar refractivity (Wildman–Crippen MR) is 85.7 cm³/mol. The summed E-state index contributed by atoms with van der Waals surface area (Å²) in [7, 11) is 0. The van der Waals surface area contributed by atoms with Crippen LogP contribution in [0, 0.1) is 29.6 Å². The fourth-order valence-corrected chi connectivity index (χ4v) is 5.79. The normalized spacial score (nSPS) is 52.3. The van der Waals surface area contributed by atoms with Gasteiger partial charge in [-0.25, -0.2) is 0 Å². The molecule has 2 saturated heterocycles. The topological polar surface area (TPSA) is 59.1 Å². The summed E-state index contributed by atoms with van der Waals surface area (Å²) in [5.74, 6) is 3.46. The predicted octanol–water partition coefficient (Wildman–Crippen LogP) is 2.92. The van der Waals surface area contributed by atoms with Gasteiger partial charge in [0.15, 0.2) is 0 Å². The van der Waals surface area contributed by atoms with Gasteiger partial charge in [0, 0.05) is 6.42 Å². The third kappa shape index (κ3) is 3.05. The Labute approximate surface area is 138 Å². The van der Waals surface area contributed by atoms with Crippen molar-refractivity contribution in [2.45, 2.75) is 83.2 Å². The molecule has 0 bridgehead atoms. The summed E-state index contributed by atoms with van der Waals surface area (Å²) in [4.78, 5) is 11.5. The third-order valence-electron chi connectivity index (χ3n) is 7.00. The van der Waals surface area contributed by atoms with E-state index in [1.807, 2.05) is 0 Å². The maximum absolute atomic E-state index is 11.5. The SMILES string of the molecule is C[C@@H]1CC[C@@H]2[C@@H](CC[C@@H]3C[C@@H](O)CC(=O)O3)[C@@H](C)[C@H]3O[C@H]3[C@H]2C1. The minimum absolute atomic E-state index is 0.0859. The Hall–Kier alpha value is -0.610. The van der Waals surface area contributed by atoms with Gasteiger partial charge < -0.3 is 14.6 Å². The Morgan fingerprint density at radius 2 is 1.91 bits per heavy atom. The van der Waals surface area contributed by atoms with Crippen LogP contribution in [0.2, 0.25) is 0 Å². The second kappa shape index (κ2) is 6.03. The van der Waals surface area contributed by atoms with Crippen LogP contribution in [0.4, 0.5) is 0 Å². The van der Waals surface area contributed by atoms with Crippen molar-refractivity contribution in [1.29, 1.82) is 0 Å². The number of carbonyl (C=O) groups is 1. The van der Waals surface area contributed by atoms with Gasteiger partial charge in [-0.05, 0) is 55.3 Å². The molecule has 1 N–H and O–H groups in total. The lowest BCUT2D eigenvalue weighted by Crippen LogP contribution is -2.43. The Balaban J connectivity index is 1.40. The smallest absolute Gasteiger partial charge is 0.308 e. The van der Waals surface area contributed by atoms with Crippen LogP contribution >= 0.6 is 0 Å². The van der Waals surface area contributed by atoms with Gasteiger partial charge >= 0.3 is 5.97 Å². The number of rotatable bonds is 3. The van der Waals surface area contributed by atoms with Crippen LogP contribution in [0.5, 0.6) is 0 Å². The molecule has 4 aliphatic rings. The molecular weight excluding hydrogens is 292 g/mol. The maximum atomic E-state index is 11.5. The fourth-order valence-electron chi connectivity index (χ4n) is 5.79. The zero-order valence-electron chi connectivity index (χ0n) is 14.3. The molecule has 0 spiro atoms. The van der Waals surface area contributed by atoms with Crippen molar-refractivity contribution in [3.63, 3.8) is 0 Å². The average molecular weight is 322 g/mol. The number of epoxide rings is 1. The summed E-state index contributed by atoms with van der Waals surface area (Å²) in [6.07, 6.45) is 7.20. The highest BCUT2D eigenvalue weighted by Crippen LogP contribution is 2.56. The van der Waals surface area contributed by atoms with Gasteiger partial charge in [-0.3, -0.25) is 4.79 Å². The Morgan fingerprint density at radius 3 is 2.70 bits per heavy atom. The molecular formula is C19H30O4. The molecule has 0 aromatic carbocycles. The van der Waals surface area contributed by atoms with E-state index in [1.54, 1.807) is 0 Å². The van der Waals surface area contributed by atoms with Crippen molar-refractivity contribution in [1.82, 2.24) is 0 Å². The van der Waals surface area contributed by atoms with E-state index < -0.39 is 6.10 Å². The Bertz CT molecular complexity index is 464. The van der Waals surface area contributed by atoms with Crippen molar-refractivity contribution in [3.05, 3.63) is 0 Å². The number of hydrogen-bond donors (Lipinski definition) is 1. The maximum Gasteiger partial charge on any atom is 0.308 e. The van der Waals surface area contributed by atoms with E-state index >= 15 is 0 Å². The summed E-state index contributed by atoms with van der Waals surface area (Å²) in [6.45, 7) is 4.73. The van der Waals surface area contributed by atoms with Crippen molar-refractivity contribution in [2.75, 3.05) is 0 Å². The molecule has 4 fully saturated rings. The van der Waals surface area contributed by atoms with Gasteiger partial charge in [-0.15, -0.1) is 0 Å². The minimum atomic E-state index is -0.510. The zero-order chi connectivity index (χ0) is 16.1. The third-order valence-corrected chi connectivity index (χ3v) is 7.00. The van der Waals surface area contributed by atoms with Crippen LogP contribution in [0.25, 0.3) is 0 Å². The van der Waals surface area contributed by atoms with Crippen LogP contribution in [0.1, 0.15) is 58.8 Å². The molecule has 0 aromatic heterocycles. The van der Waals surface area contributed by atoms with Crippen LogP contribution in [0.15, 0.2) is 0 Å². The molecule has 2 aliphatic carbocycles. The molecule has 0 radical (unpaired) electrons. The quantitative estimate of drug-likeness (QED) is 0.641. The first-order chi connectivity index (χ1) is 11.0. The van der Waals surface area contributed by atoms with Crippen LogP contribution in [0.3, 0.4) is 0 Å². The number of aliphatic hydroxyl groups excluding tert-OH is 1. The van der Waals surface area contributed by atoms with Gasteiger partial charge in [0.2, 0.25) is 0 Å². The van der Waals surface area contributed by atoms with E-state index in [1.165, 1.54) is 19.3 Å². The standard InChI is InChI=1S/C19H30O4/c1-10-3-5-15-14(11(2)18-19(23-18)16(15)7-10)6-4-13-8-12(20)9-17(21)22-13/h10-16,18-20H,3-9H2,1-2H3/t10-,11-,12-,13-,14+,15-,16+,18-,19+/m1/s1. The number of fused-ring (bicyclic) bond motifs is 3. The Morgan fingerprint density at radius 1 is 1.09 bits per heavy atom. The van der Waals surface area contributed by atoms with Crippen molar-refractivity contribution in [3.8, 4) is 0 Å². The second-order valence-corrected chi connectivity index (χ2v) is 8.62. The van der Waals surface area contributed by atoms with Crippen LogP contribution < -0.4 is 0 Å². The molecule has 4 heteroatoms. The number of aliphatic hydroxyl groups is 1. The van der Waals surface area contributed by atoms with E-state index in [0.717, 1.165) is 30.6 Å². The number of cyclic esters (lactones) is 1. The molecule has 0 unspecified atom stereocenters. The average Bonchev–Trinajstić information content (AvgIpc) is 3.27. The van der Waals surface area contributed by atoms with Gasteiger partial charge in [-0.2, -0.15) is 0 Å². The summed E-state index contributed by atoms with van der Waals surface area (Å²) < 4.78 is 11.5. The van der Waals surface area contributed by atoms with Crippen LogP contribution in [-0.2, 0) is 14.3 Å². The number of ether oxygens (including phenoxy) is 2. The van der Waals surface area contributed by atoms with Gasteiger partial charge in [-0.1, -0.05) is 20.3 Å². The van der Waals surface area contributed by atoms with Gasteiger partial charge in [0.05, 0.1) is 24.7 Å². The minimum Gasteiger partial charge on any atom is -0.462 e. The highest BCUT2D eigenvalue weighted by atomic mass is 16.6. The highest BCUT2D eigenvalue weighted by molar-refractivity contribution is 5.70. The van der Waals surface area contributed by atoms with Crippen molar-refractivity contribution < 1.29 is 19.4 Å². The molecule has 0 amide bonds. The molecule has 4 rings (SSSR count). The number of esters is 1. The first kappa shape index (κ1) is 15.9. The lowest BCUT2D eigenvalue weighted by Gasteiger charge is -2.44. The monoisotopic (exact) mass is 322 g/mol. The second-order valence-electron chi connectivity index (χ2n) is 8.62. The highest BCUT2D eigenvalue weighted by Gasteiger charge is 2.59. The lowest BCUT2D eigenvalue weighted by molar-refractivity contribution is -0.160. The summed E-state index contributed by atoms with van der Waals surface area (Å²) >= 11 is 0. The van der Waals surface area contributed by atoms with Crippen molar-refractivity contribution in [2.24, 2.45) is 29.6 Å². The Kier molecular flexibility index (Phi) is 4.17. The number of carbonyl (C=O) groups excluding carboxylic acids is 1. The summed E-state index contributed by atoms with van der Waals surface area (Å²) in [5, 5.41) is 9.78. The summed E-state index contributed by atoms with van der Waals surface area (Å²) in [6, 6.07) is 0. The fraction of sp³-hybridized carbons (Fsp3) is 0.947. The van der Waals surface area contributed by atoms with E-state index in [-0.39, 0.29) is 18.5 Å². The molecule has 23 heavy (non-hydrogen) atoms. The van der Waals surface area contributed by atoms with E-state index in [0.29, 0.717) is 30.5 Å². The molecule has 2 heterocycles. The van der Waals surface area contributed by atoms with Crippen LogP contribution in [-0.4, -0.2) is 35.5 Å². The van der Waals surface area contributed by atoms with E-state index in [9.17, 15) is 9.90 Å². The molecule has 2 aliphatic heterocycles. The van der Waals surface area contributed by atoms with Crippen molar-refractivity contribution >= 4 is 5.97 Å². The first-order valence-electron chi connectivity index (χ1n) is 9.56. The summed E-state index contributed by atoms with van der Waals surface area (Å²) in [5.41, 5.74) is 0. The molecule has 0 aromatic rings. The molecule has 4 nitrogen and oxygen atoms in total. The van der Waals surface area contributed by atoms with Gasteiger partial charge in [0.25, 0.3) is 0 Å². The molecule has 2 saturated carbocycles. The van der Waals surface area contributed by atoms with Gasteiger partial charge in [0.1, 0.15) is 6.10 Å². The molecule has 9 atom stereocenters.